The lowest BCUT2D eigenvalue weighted by atomic mass is 10.1. The number of nitrogen functional groups attached to an aromatic ring is 2. The average Bonchev–Trinajstić information content (AvgIpc) is 3.40. The van der Waals surface area contributed by atoms with Gasteiger partial charge in [-0.1, -0.05) is 5.21 Å². The number of aromatic amines is 1. The van der Waals surface area contributed by atoms with Crippen LogP contribution in [0.2, 0.25) is 0 Å². The van der Waals surface area contributed by atoms with Gasteiger partial charge in [0.05, 0.1) is 25.1 Å². The number of imidazole rings is 1. The molecule has 0 spiro atoms. The van der Waals surface area contributed by atoms with Crippen molar-refractivity contribution in [3.8, 4) is 0 Å². The topological polar surface area (TPSA) is 270 Å². The summed E-state index contributed by atoms with van der Waals surface area (Å²) in [5.41, 5.74) is 11.1. The summed E-state index contributed by atoms with van der Waals surface area (Å²) in [7, 11) is 0. The van der Waals surface area contributed by atoms with Crippen LogP contribution >= 0.6 is 6.72 Å². The molecule has 0 aromatic carbocycles. The lowest BCUT2D eigenvalue weighted by Gasteiger charge is -2.27. The molecular weight excluding hydrogens is 592 g/mol. The normalized spacial score (nSPS) is 34.3. The number of nitrogens with zero attached hydrogens (tertiary/aromatic N) is 8. The third kappa shape index (κ3) is 4.28. The van der Waals surface area contributed by atoms with Gasteiger partial charge >= 0.3 is 6.72 Å². The number of aliphatic hydroxyl groups excluding tert-OH is 2. The molecule has 2 saturated heterocycles. The summed E-state index contributed by atoms with van der Waals surface area (Å²) in [5, 5.41) is 28.4. The summed E-state index contributed by atoms with van der Waals surface area (Å²) < 4.78 is 40.1. The number of alkyl halides is 1. The highest BCUT2D eigenvalue weighted by Crippen LogP contribution is 2.58. The van der Waals surface area contributed by atoms with Crippen LogP contribution in [-0.4, -0.2) is 103 Å². The summed E-state index contributed by atoms with van der Waals surface area (Å²) in [4.78, 5) is 41.3. The first-order valence-electron chi connectivity index (χ1n) is 12.0. The lowest BCUT2D eigenvalue weighted by Crippen LogP contribution is -2.32. The van der Waals surface area contributed by atoms with E-state index >= 15 is 4.39 Å². The highest BCUT2D eigenvalue weighted by molar-refractivity contribution is 8.07. The monoisotopic (exact) mass is 613 g/mol. The molecule has 0 amide bonds. The third-order valence-electron chi connectivity index (χ3n) is 7.13. The van der Waals surface area contributed by atoms with Crippen LogP contribution in [-0.2, 0) is 30.3 Å². The van der Waals surface area contributed by atoms with Crippen molar-refractivity contribution >= 4 is 52.6 Å². The van der Waals surface area contributed by atoms with Gasteiger partial charge in [0, 0.05) is 5.92 Å². The second-order valence-corrected chi connectivity index (χ2v) is 12.4. The Morgan fingerprint density at radius 1 is 1.15 bits per heavy atom. The zero-order valence-electron chi connectivity index (χ0n) is 20.4. The van der Waals surface area contributed by atoms with Crippen molar-refractivity contribution in [2.75, 3.05) is 18.1 Å². The van der Waals surface area contributed by atoms with Gasteiger partial charge in [0.25, 0.3) is 5.56 Å². The summed E-state index contributed by atoms with van der Waals surface area (Å²) >= 11 is 5.17. The largest absolute Gasteiger partial charge is 0.390 e. The smallest absolute Gasteiger partial charge is 0.325 e. The first kappa shape index (κ1) is 26.6. The minimum atomic E-state index is -4.12. The molecule has 4 aromatic rings. The zero-order chi connectivity index (χ0) is 28.8. The van der Waals surface area contributed by atoms with Gasteiger partial charge in [-0.2, -0.15) is 9.67 Å². The number of hydrogen-bond donors (Lipinski definition) is 6. The molecule has 0 bridgehead atoms. The van der Waals surface area contributed by atoms with E-state index in [2.05, 4.69) is 35.2 Å². The SMILES string of the molecule is Nc1nc2c(nnn2[C@@H]2O[C@@H]3C(O)C3[C@H]2OP(O)(=S)OC[C@H]2O[C@@H](n3cnc4c(N)ncnc43)[C@@H](F)[C@@H]2O)c(=O)[nH]1. The van der Waals surface area contributed by atoms with Crippen molar-refractivity contribution < 1.29 is 38.0 Å². The number of rotatable bonds is 7. The molecule has 3 unspecified atom stereocenters. The number of fused-ring (bicyclic) bond motifs is 3. The molecule has 22 heteroatoms. The lowest BCUT2D eigenvalue weighted by molar-refractivity contribution is -0.0740. The molecule has 7 rings (SSSR count). The molecule has 1 saturated carbocycles. The Morgan fingerprint density at radius 3 is 2.76 bits per heavy atom. The summed E-state index contributed by atoms with van der Waals surface area (Å²) in [6, 6.07) is 0. The fourth-order valence-corrected chi connectivity index (χ4v) is 6.52. The molecule has 6 heterocycles. The molecule has 2 aliphatic heterocycles. The molecule has 19 nitrogen and oxygen atoms in total. The van der Waals surface area contributed by atoms with E-state index in [1.54, 1.807) is 0 Å². The Bertz CT molecular complexity index is 1770. The van der Waals surface area contributed by atoms with Gasteiger partial charge in [-0.25, -0.2) is 19.3 Å². The van der Waals surface area contributed by atoms with Crippen LogP contribution < -0.4 is 17.0 Å². The number of anilines is 2. The minimum Gasteiger partial charge on any atom is -0.390 e. The summed E-state index contributed by atoms with van der Waals surface area (Å²) in [6.07, 6.45) is -7.56. The number of halogens is 1. The first-order valence-corrected chi connectivity index (χ1v) is 14.6. The quantitative estimate of drug-likeness (QED) is 0.119. The molecule has 1 aliphatic carbocycles. The third-order valence-corrected chi connectivity index (χ3v) is 8.69. The van der Waals surface area contributed by atoms with Crippen molar-refractivity contribution in [3.05, 3.63) is 23.0 Å². The predicted molar refractivity (Wildman–Crippen MR) is 136 cm³/mol. The second kappa shape index (κ2) is 9.37. The molecule has 3 aliphatic rings. The van der Waals surface area contributed by atoms with Crippen LogP contribution in [0.4, 0.5) is 16.2 Å². The van der Waals surface area contributed by atoms with Crippen molar-refractivity contribution in [1.82, 2.24) is 44.5 Å². The number of nitrogens with two attached hydrogens (primary N) is 2. The van der Waals surface area contributed by atoms with Gasteiger partial charge in [0.15, 0.2) is 41.3 Å². The Balaban J connectivity index is 1.07. The number of H-pyrrole nitrogens is 1. The molecule has 8 N–H and O–H groups in total. The van der Waals surface area contributed by atoms with Crippen LogP contribution in [0, 0.1) is 5.92 Å². The highest BCUT2D eigenvalue weighted by atomic mass is 32.5. The van der Waals surface area contributed by atoms with Gasteiger partial charge < -0.3 is 45.1 Å². The molecule has 41 heavy (non-hydrogen) atoms. The van der Waals surface area contributed by atoms with E-state index in [4.69, 9.17) is 41.8 Å². The molecule has 4 aromatic heterocycles. The molecule has 10 atom stereocenters. The number of ether oxygens (including phenoxy) is 2. The van der Waals surface area contributed by atoms with Crippen molar-refractivity contribution in [2.24, 2.45) is 5.92 Å². The number of aliphatic hydroxyl groups is 2. The maximum absolute atomic E-state index is 15.1. The van der Waals surface area contributed by atoms with Crippen molar-refractivity contribution in [3.63, 3.8) is 0 Å². The Labute approximate surface area is 231 Å². The fourth-order valence-electron chi connectivity index (χ4n) is 5.09. The highest BCUT2D eigenvalue weighted by Gasteiger charge is 2.66. The van der Waals surface area contributed by atoms with Gasteiger partial charge in [0.2, 0.25) is 5.95 Å². The number of hydrogen-bond acceptors (Lipinski definition) is 16. The van der Waals surface area contributed by atoms with Crippen molar-refractivity contribution in [2.45, 2.75) is 49.1 Å². The maximum Gasteiger partial charge on any atom is 0.325 e. The van der Waals surface area contributed by atoms with E-state index < -0.39 is 73.9 Å². The van der Waals surface area contributed by atoms with Crippen LogP contribution in [0.5, 0.6) is 0 Å². The Kier molecular flexibility index (Phi) is 6.09. The standard InChI is InChI=1S/C19H21FN11O8PS/c20-6-9(32)4(37-17(6)30-3-25-7-13(21)23-2-24-14(7)30)1-36-40(35,41)39-12-5-10(33)11(5)38-18(12)31-15-8(28-29-31)16(34)27-19(22)26-15/h2-6,9-12,17-18,32-33H,1H2,(H,35,41)(H2,21,23,24)(H3,22,26,27,34)/t4-,5?,6+,9-,10?,11+,12-,17-,18-,40?/m1/s1. The van der Waals surface area contributed by atoms with Crippen LogP contribution in [0.1, 0.15) is 12.5 Å². The van der Waals surface area contributed by atoms with E-state index in [1.807, 2.05) is 0 Å². The predicted octanol–water partition coefficient (Wildman–Crippen LogP) is -2.38. The number of nitrogens with one attached hydrogen (secondary N) is 1. The van der Waals surface area contributed by atoms with E-state index in [0.29, 0.717) is 0 Å². The van der Waals surface area contributed by atoms with Gasteiger partial charge in [-0.15, -0.1) is 5.10 Å². The van der Waals surface area contributed by atoms with E-state index in [9.17, 15) is 19.9 Å². The Morgan fingerprint density at radius 2 is 1.95 bits per heavy atom. The second-order valence-electron chi connectivity index (χ2n) is 9.63. The van der Waals surface area contributed by atoms with Crippen molar-refractivity contribution in [1.29, 1.82) is 0 Å². The van der Waals surface area contributed by atoms with E-state index in [1.165, 1.54) is 17.2 Å². The zero-order valence-corrected chi connectivity index (χ0v) is 22.1. The molecular formula is C19H21FN11O8PS. The minimum absolute atomic E-state index is 0.0191. The molecule has 218 valence electrons. The summed E-state index contributed by atoms with van der Waals surface area (Å²) in [5.74, 6) is -0.724. The molecule has 3 fully saturated rings. The van der Waals surface area contributed by atoms with Crippen LogP contribution in [0.15, 0.2) is 17.4 Å². The van der Waals surface area contributed by atoms with Gasteiger partial charge in [-0.05, 0) is 11.8 Å². The Hall–Kier alpha value is -3.27. The maximum atomic E-state index is 15.1. The first-order chi connectivity index (χ1) is 19.5. The summed E-state index contributed by atoms with van der Waals surface area (Å²) in [6.45, 7) is -4.68. The fraction of sp³-hybridized carbons (Fsp3) is 0.526. The average molecular weight is 613 g/mol. The van der Waals surface area contributed by atoms with E-state index in [-0.39, 0.29) is 34.1 Å². The van der Waals surface area contributed by atoms with Gasteiger partial charge in [-0.3, -0.25) is 14.3 Å². The van der Waals surface area contributed by atoms with Crippen LogP contribution in [0.25, 0.3) is 22.3 Å². The van der Waals surface area contributed by atoms with Crippen LogP contribution in [0.3, 0.4) is 0 Å². The van der Waals surface area contributed by atoms with Gasteiger partial charge in [0.1, 0.15) is 30.2 Å². The van der Waals surface area contributed by atoms with E-state index in [0.717, 1.165) is 4.68 Å². The number of aromatic nitrogens is 9. The molecule has 0 radical (unpaired) electrons.